The van der Waals surface area contributed by atoms with Gasteiger partial charge in [0, 0.05) is 0 Å². The van der Waals surface area contributed by atoms with Crippen molar-refractivity contribution in [1.82, 2.24) is 5.32 Å². The number of aldehydes is 1. The molecule has 1 saturated heterocycles. The maximum absolute atomic E-state index is 13.1. The van der Waals surface area contributed by atoms with E-state index in [-0.39, 0.29) is 23.7 Å². The van der Waals surface area contributed by atoms with E-state index in [4.69, 9.17) is 4.74 Å². The molecule has 0 bridgehead atoms. The summed E-state index contributed by atoms with van der Waals surface area (Å²) in [6, 6.07) is 13.3. The van der Waals surface area contributed by atoms with E-state index in [0.29, 0.717) is 19.1 Å². The molecule has 8 heteroatoms. The van der Waals surface area contributed by atoms with Crippen LogP contribution >= 0.6 is 12.6 Å². The molecule has 2 N–H and O–H groups in total. The number of carbonyl (C=O) groups excluding carboxylic acids is 3. The molecule has 0 aromatic heterocycles. The molecule has 2 aromatic carbocycles. The zero-order valence-corrected chi connectivity index (χ0v) is 17.3. The molecule has 2 atom stereocenters. The molecule has 0 spiro atoms. The minimum Gasteiger partial charge on any atom is -0.506 e. The molecule has 2 aromatic rings. The molecular formula is C22H24N2O5S. The van der Waals surface area contributed by atoms with Crippen molar-refractivity contribution in [2.45, 2.75) is 30.6 Å². The van der Waals surface area contributed by atoms with Crippen LogP contribution in [0.5, 0.6) is 11.5 Å². The Morgan fingerprint density at radius 3 is 2.67 bits per heavy atom. The standard InChI is InChI=1S/C22H24N2O5S/c25-13-12-24(21(27)19(30)14-15-6-2-1-3-7-15)20-17(26)9-4-10-18(20)29-22(28)16-8-5-11-23-16/h1-4,6-7,9-10,13,16,19,23,26,30H,5,8,11-12,14H2/t16-,19?/m0/s1. The van der Waals surface area contributed by atoms with Crippen LogP contribution in [0.3, 0.4) is 0 Å². The van der Waals surface area contributed by atoms with Gasteiger partial charge < -0.3 is 20.0 Å². The third-order valence-corrected chi connectivity index (χ3v) is 5.29. The first-order chi connectivity index (χ1) is 14.5. The number of aromatic hydroxyl groups is 1. The second-order valence-electron chi connectivity index (χ2n) is 7.01. The summed E-state index contributed by atoms with van der Waals surface area (Å²) in [5.74, 6) is -1.23. The van der Waals surface area contributed by atoms with Gasteiger partial charge in [-0.3, -0.25) is 9.69 Å². The molecule has 1 unspecified atom stereocenters. The average Bonchev–Trinajstić information content (AvgIpc) is 3.28. The van der Waals surface area contributed by atoms with Crippen LogP contribution in [-0.2, 0) is 20.8 Å². The first-order valence-electron chi connectivity index (χ1n) is 9.75. The fourth-order valence-electron chi connectivity index (χ4n) is 3.40. The monoisotopic (exact) mass is 428 g/mol. The maximum atomic E-state index is 13.1. The number of nitrogens with zero attached hydrogens (tertiary/aromatic N) is 1. The number of carbonyl (C=O) groups is 3. The number of ether oxygens (including phenoxy) is 1. The van der Waals surface area contributed by atoms with Gasteiger partial charge in [-0.2, -0.15) is 12.6 Å². The van der Waals surface area contributed by atoms with Gasteiger partial charge in [0.2, 0.25) is 5.91 Å². The zero-order chi connectivity index (χ0) is 21.5. The SMILES string of the molecule is O=CCN(C(=O)C(S)Cc1ccccc1)c1c(O)cccc1OC(=O)[C@@H]1CCCN1. The summed E-state index contributed by atoms with van der Waals surface area (Å²) in [6.45, 7) is 0.414. The van der Waals surface area contributed by atoms with Crippen molar-refractivity contribution in [3.63, 3.8) is 0 Å². The molecule has 1 heterocycles. The summed E-state index contributed by atoms with van der Waals surface area (Å²) in [5.41, 5.74) is 0.890. The van der Waals surface area contributed by atoms with Gasteiger partial charge in [0.15, 0.2) is 5.75 Å². The summed E-state index contributed by atoms with van der Waals surface area (Å²) in [4.78, 5) is 38.0. The smallest absolute Gasteiger partial charge is 0.328 e. The van der Waals surface area contributed by atoms with Crippen molar-refractivity contribution in [2.75, 3.05) is 18.0 Å². The van der Waals surface area contributed by atoms with E-state index in [1.165, 1.54) is 18.2 Å². The van der Waals surface area contributed by atoms with E-state index in [1.54, 1.807) is 0 Å². The van der Waals surface area contributed by atoms with E-state index in [0.717, 1.165) is 23.4 Å². The normalized spacial score (nSPS) is 16.6. The predicted octanol–water partition coefficient (Wildman–Crippen LogP) is 2.12. The van der Waals surface area contributed by atoms with Crippen molar-refractivity contribution >= 4 is 36.5 Å². The fraction of sp³-hybridized carbons (Fsp3) is 0.318. The Hall–Kier alpha value is -2.84. The molecule has 158 valence electrons. The van der Waals surface area contributed by atoms with Gasteiger partial charge in [-0.25, -0.2) is 4.79 Å². The molecule has 1 fully saturated rings. The van der Waals surface area contributed by atoms with Gasteiger partial charge in [0.1, 0.15) is 23.8 Å². The number of benzene rings is 2. The highest BCUT2D eigenvalue weighted by Crippen LogP contribution is 2.38. The molecule has 1 amide bonds. The number of hydrogen-bond acceptors (Lipinski definition) is 7. The summed E-state index contributed by atoms with van der Waals surface area (Å²) in [5, 5.41) is 12.7. The van der Waals surface area contributed by atoms with E-state index in [1.807, 2.05) is 30.3 Å². The molecular weight excluding hydrogens is 404 g/mol. The first kappa shape index (κ1) is 21.9. The highest BCUT2D eigenvalue weighted by Gasteiger charge is 2.30. The Balaban J connectivity index is 1.86. The van der Waals surface area contributed by atoms with Crippen LogP contribution in [0.4, 0.5) is 5.69 Å². The van der Waals surface area contributed by atoms with Gasteiger partial charge in [0.25, 0.3) is 0 Å². The number of rotatable bonds is 8. The zero-order valence-electron chi connectivity index (χ0n) is 16.4. The molecule has 3 rings (SSSR count). The summed E-state index contributed by atoms with van der Waals surface area (Å²) < 4.78 is 5.49. The van der Waals surface area contributed by atoms with E-state index < -0.39 is 23.2 Å². The molecule has 1 aliphatic rings. The highest BCUT2D eigenvalue weighted by molar-refractivity contribution is 7.81. The van der Waals surface area contributed by atoms with Gasteiger partial charge in [0.05, 0.1) is 11.8 Å². The minimum atomic E-state index is -0.757. The van der Waals surface area contributed by atoms with E-state index in [2.05, 4.69) is 17.9 Å². The second-order valence-corrected chi connectivity index (χ2v) is 7.64. The number of thiol groups is 1. The molecule has 0 radical (unpaired) electrons. The lowest BCUT2D eigenvalue weighted by Crippen LogP contribution is -2.40. The largest absolute Gasteiger partial charge is 0.506 e. The van der Waals surface area contributed by atoms with Crippen LogP contribution in [0.1, 0.15) is 18.4 Å². The number of esters is 1. The third-order valence-electron chi connectivity index (χ3n) is 4.88. The van der Waals surface area contributed by atoms with Crippen molar-refractivity contribution < 1.29 is 24.2 Å². The number of phenols is 1. The minimum absolute atomic E-state index is 0.0177. The lowest BCUT2D eigenvalue weighted by molar-refractivity contribution is -0.136. The highest BCUT2D eigenvalue weighted by atomic mass is 32.1. The van der Waals surface area contributed by atoms with Gasteiger partial charge in [-0.1, -0.05) is 36.4 Å². The van der Waals surface area contributed by atoms with Crippen LogP contribution in [0.15, 0.2) is 48.5 Å². The number of anilines is 1. The van der Waals surface area contributed by atoms with Crippen LogP contribution in [-0.4, -0.2) is 47.7 Å². The Morgan fingerprint density at radius 1 is 1.23 bits per heavy atom. The summed E-state index contributed by atoms with van der Waals surface area (Å²) >= 11 is 4.42. The van der Waals surface area contributed by atoms with Gasteiger partial charge in [-0.15, -0.1) is 0 Å². The molecule has 0 saturated carbocycles. The Kier molecular flexibility index (Phi) is 7.48. The van der Waals surface area contributed by atoms with E-state index in [9.17, 15) is 19.5 Å². The molecule has 1 aliphatic heterocycles. The topological polar surface area (TPSA) is 95.9 Å². The van der Waals surface area contributed by atoms with Crippen LogP contribution in [0.2, 0.25) is 0 Å². The Morgan fingerprint density at radius 2 is 2.00 bits per heavy atom. The van der Waals surface area contributed by atoms with Crippen molar-refractivity contribution in [3.05, 3.63) is 54.1 Å². The Bertz CT molecular complexity index is 900. The molecule has 7 nitrogen and oxygen atoms in total. The van der Waals surface area contributed by atoms with E-state index >= 15 is 0 Å². The fourth-order valence-corrected chi connectivity index (χ4v) is 3.75. The van der Waals surface area contributed by atoms with Gasteiger partial charge >= 0.3 is 5.97 Å². The maximum Gasteiger partial charge on any atom is 0.328 e. The number of hydrogen-bond donors (Lipinski definition) is 3. The first-order valence-corrected chi connectivity index (χ1v) is 10.3. The summed E-state index contributed by atoms with van der Waals surface area (Å²) in [7, 11) is 0. The Labute approximate surface area is 180 Å². The van der Waals surface area contributed by atoms with Crippen molar-refractivity contribution in [2.24, 2.45) is 0 Å². The van der Waals surface area contributed by atoms with Crippen molar-refractivity contribution in [3.8, 4) is 11.5 Å². The number of amides is 1. The quantitative estimate of drug-likeness (QED) is 0.258. The van der Waals surface area contributed by atoms with Gasteiger partial charge in [-0.05, 0) is 43.5 Å². The van der Waals surface area contributed by atoms with Crippen LogP contribution < -0.4 is 15.0 Å². The number of para-hydroxylation sites is 1. The number of phenolic OH excluding ortho intramolecular Hbond substituents is 1. The van der Waals surface area contributed by atoms with Crippen LogP contribution in [0.25, 0.3) is 0 Å². The van der Waals surface area contributed by atoms with Crippen molar-refractivity contribution in [1.29, 1.82) is 0 Å². The number of nitrogens with one attached hydrogen (secondary N) is 1. The molecule has 30 heavy (non-hydrogen) atoms. The second kappa shape index (κ2) is 10.3. The summed E-state index contributed by atoms with van der Waals surface area (Å²) in [6.07, 6.45) is 2.41. The third kappa shape index (κ3) is 5.20. The predicted molar refractivity (Wildman–Crippen MR) is 116 cm³/mol. The lowest BCUT2D eigenvalue weighted by atomic mass is 10.1. The lowest BCUT2D eigenvalue weighted by Gasteiger charge is -2.26. The molecule has 0 aliphatic carbocycles. The van der Waals surface area contributed by atoms with Crippen LogP contribution in [0, 0.1) is 0 Å². The average molecular weight is 429 g/mol.